The van der Waals surface area contributed by atoms with Gasteiger partial charge in [0.05, 0.1) is 11.9 Å². The average molecular weight is 432 g/mol. The van der Waals surface area contributed by atoms with Gasteiger partial charge in [0, 0.05) is 13.6 Å². The second-order valence-electron chi connectivity index (χ2n) is 7.41. The summed E-state index contributed by atoms with van der Waals surface area (Å²) in [7, 11) is -2.22. The van der Waals surface area contributed by atoms with Crippen molar-refractivity contribution in [1.29, 1.82) is 0 Å². The lowest BCUT2D eigenvalue weighted by atomic mass is 10.1. The third kappa shape index (κ3) is 6.06. The molecule has 30 heavy (non-hydrogen) atoms. The van der Waals surface area contributed by atoms with Crippen LogP contribution in [0.5, 0.6) is 0 Å². The van der Waals surface area contributed by atoms with Crippen molar-refractivity contribution in [3.63, 3.8) is 0 Å². The SMILES string of the molecule is CNC(=O)[C@H](C)N(Cc1ccccc1)C(=O)CN(c1cc(C)cc(C)c1)S(C)(=O)=O. The van der Waals surface area contributed by atoms with E-state index in [1.807, 2.05) is 50.2 Å². The van der Waals surface area contributed by atoms with Crippen molar-refractivity contribution in [3.8, 4) is 0 Å². The molecule has 2 rings (SSSR count). The molecular formula is C22H29N3O4S. The molecule has 0 fully saturated rings. The minimum absolute atomic E-state index is 0.193. The summed E-state index contributed by atoms with van der Waals surface area (Å²) in [6.45, 7) is 5.16. The van der Waals surface area contributed by atoms with Gasteiger partial charge in [-0.2, -0.15) is 0 Å². The highest BCUT2D eigenvalue weighted by molar-refractivity contribution is 7.92. The standard InChI is InChI=1S/C22H29N3O4S/c1-16-11-17(2)13-20(12-16)25(30(5,28)29)15-21(26)24(18(3)22(27)23-4)14-19-9-7-6-8-10-19/h6-13,18H,14-15H2,1-5H3,(H,23,27)/t18-/m0/s1. The van der Waals surface area contributed by atoms with Crippen molar-refractivity contribution in [3.05, 3.63) is 65.2 Å². The van der Waals surface area contributed by atoms with Crippen LogP contribution in [-0.2, 0) is 26.2 Å². The van der Waals surface area contributed by atoms with Gasteiger partial charge in [-0.1, -0.05) is 36.4 Å². The summed E-state index contributed by atoms with van der Waals surface area (Å²) in [5.41, 5.74) is 3.06. The number of anilines is 1. The predicted octanol–water partition coefficient (Wildman–Crippen LogP) is 2.23. The molecule has 2 aromatic rings. The molecule has 0 aliphatic rings. The van der Waals surface area contributed by atoms with Crippen LogP contribution in [0.15, 0.2) is 48.5 Å². The lowest BCUT2D eigenvalue weighted by Crippen LogP contribution is -2.50. The number of hydrogen-bond donors (Lipinski definition) is 1. The van der Waals surface area contributed by atoms with Crippen LogP contribution in [0.1, 0.15) is 23.6 Å². The summed E-state index contributed by atoms with van der Waals surface area (Å²) in [6.07, 6.45) is 1.07. The van der Waals surface area contributed by atoms with E-state index in [1.54, 1.807) is 19.1 Å². The molecule has 162 valence electrons. The number of carbonyl (C=O) groups excluding carboxylic acids is 2. The molecule has 2 amide bonds. The minimum Gasteiger partial charge on any atom is -0.357 e. The van der Waals surface area contributed by atoms with Gasteiger partial charge >= 0.3 is 0 Å². The molecule has 0 saturated heterocycles. The van der Waals surface area contributed by atoms with Crippen molar-refractivity contribution >= 4 is 27.5 Å². The van der Waals surface area contributed by atoms with Crippen molar-refractivity contribution < 1.29 is 18.0 Å². The van der Waals surface area contributed by atoms with Gasteiger partial charge < -0.3 is 10.2 Å². The maximum atomic E-state index is 13.2. The Morgan fingerprint density at radius 2 is 1.60 bits per heavy atom. The molecular weight excluding hydrogens is 402 g/mol. The van der Waals surface area contributed by atoms with Crippen molar-refractivity contribution in [2.75, 3.05) is 24.2 Å². The van der Waals surface area contributed by atoms with Gasteiger partial charge in [-0.25, -0.2) is 8.42 Å². The molecule has 0 aliphatic heterocycles. The zero-order valence-corrected chi connectivity index (χ0v) is 18.9. The zero-order valence-electron chi connectivity index (χ0n) is 18.0. The Balaban J connectivity index is 2.39. The van der Waals surface area contributed by atoms with Crippen LogP contribution in [0.4, 0.5) is 5.69 Å². The van der Waals surface area contributed by atoms with Crippen LogP contribution in [0.2, 0.25) is 0 Å². The number of rotatable bonds is 8. The normalized spacial score (nSPS) is 12.2. The average Bonchev–Trinajstić information content (AvgIpc) is 2.68. The Morgan fingerprint density at radius 1 is 1.03 bits per heavy atom. The van der Waals surface area contributed by atoms with Crippen LogP contribution in [0.3, 0.4) is 0 Å². The van der Waals surface area contributed by atoms with E-state index in [9.17, 15) is 18.0 Å². The Hall–Kier alpha value is -2.87. The van der Waals surface area contributed by atoms with Crippen molar-refractivity contribution in [1.82, 2.24) is 10.2 Å². The lowest BCUT2D eigenvalue weighted by molar-refractivity contribution is -0.139. The minimum atomic E-state index is -3.72. The number of nitrogens with one attached hydrogen (secondary N) is 1. The Bertz CT molecular complexity index is 986. The van der Waals surface area contributed by atoms with E-state index >= 15 is 0 Å². The van der Waals surface area contributed by atoms with Crippen LogP contribution < -0.4 is 9.62 Å². The van der Waals surface area contributed by atoms with Gasteiger partial charge in [-0.15, -0.1) is 0 Å². The summed E-state index contributed by atoms with van der Waals surface area (Å²) in [4.78, 5) is 26.9. The maximum absolute atomic E-state index is 13.2. The summed E-state index contributed by atoms with van der Waals surface area (Å²) in [6, 6.07) is 13.9. The molecule has 0 heterocycles. The highest BCUT2D eigenvalue weighted by Gasteiger charge is 2.29. The number of benzene rings is 2. The number of amides is 2. The zero-order chi connectivity index (χ0) is 22.5. The second kappa shape index (κ2) is 9.75. The number of nitrogens with zero attached hydrogens (tertiary/aromatic N) is 2. The topological polar surface area (TPSA) is 86.8 Å². The number of likely N-dealkylation sites (N-methyl/N-ethyl adjacent to an activating group) is 1. The number of carbonyl (C=O) groups is 2. The highest BCUT2D eigenvalue weighted by atomic mass is 32.2. The second-order valence-corrected chi connectivity index (χ2v) is 9.32. The third-order valence-corrected chi connectivity index (χ3v) is 5.92. The molecule has 1 atom stereocenters. The molecule has 8 heteroatoms. The van der Waals surface area contributed by atoms with E-state index in [0.717, 1.165) is 27.3 Å². The molecule has 1 N–H and O–H groups in total. The summed E-state index contributed by atoms with van der Waals surface area (Å²) in [5, 5.41) is 2.55. The van der Waals surface area contributed by atoms with Crippen molar-refractivity contribution in [2.45, 2.75) is 33.4 Å². The smallest absolute Gasteiger partial charge is 0.244 e. The first-order valence-electron chi connectivity index (χ1n) is 9.64. The summed E-state index contributed by atoms with van der Waals surface area (Å²) >= 11 is 0. The van der Waals surface area contributed by atoms with E-state index < -0.39 is 28.5 Å². The first-order valence-corrected chi connectivity index (χ1v) is 11.5. The Labute approximate surface area is 178 Å². The van der Waals surface area contributed by atoms with Crippen molar-refractivity contribution in [2.24, 2.45) is 0 Å². The fourth-order valence-corrected chi connectivity index (χ4v) is 4.11. The largest absolute Gasteiger partial charge is 0.357 e. The number of hydrogen-bond acceptors (Lipinski definition) is 4. The quantitative estimate of drug-likeness (QED) is 0.694. The van der Waals surface area contributed by atoms with Crippen LogP contribution in [0, 0.1) is 13.8 Å². The fraction of sp³-hybridized carbons (Fsp3) is 0.364. The van der Waals surface area contributed by atoms with Gasteiger partial charge in [0.2, 0.25) is 21.8 Å². The fourth-order valence-electron chi connectivity index (χ4n) is 3.28. The van der Waals surface area contributed by atoms with E-state index in [0.29, 0.717) is 5.69 Å². The molecule has 2 aromatic carbocycles. The number of sulfonamides is 1. The molecule has 0 unspecified atom stereocenters. The summed E-state index contributed by atoms with van der Waals surface area (Å²) < 4.78 is 26.1. The monoisotopic (exact) mass is 431 g/mol. The number of aryl methyl sites for hydroxylation is 2. The lowest BCUT2D eigenvalue weighted by Gasteiger charge is -2.31. The third-order valence-electron chi connectivity index (χ3n) is 4.78. The molecule has 0 aromatic heterocycles. The van der Waals surface area contributed by atoms with E-state index in [1.165, 1.54) is 11.9 Å². The highest BCUT2D eigenvalue weighted by Crippen LogP contribution is 2.22. The van der Waals surface area contributed by atoms with Gasteiger partial charge in [0.1, 0.15) is 12.6 Å². The van der Waals surface area contributed by atoms with Crippen LogP contribution >= 0.6 is 0 Å². The Kier molecular flexibility index (Phi) is 7.61. The maximum Gasteiger partial charge on any atom is 0.244 e. The molecule has 0 bridgehead atoms. The van der Waals surface area contributed by atoms with Crippen LogP contribution in [0.25, 0.3) is 0 Å². The first kappa shape index (κ1) is 23.4. The first-order chi connectivity index (χ1) is 14.0. The van der Waals surface area contributed by atoms with Gasteiger partial charge in [-0.05, 0) is 49.6 Å². The molecule has 0 radical (unpaired) electrons. The predicted molar refractivity (Wildman–Crippen MR) is 119 cm³/mol. The summed E-state index contributed by atoms with van der Waals surface area (Å²) in [5.74, 6) is -0.781. The van der Waals surface area contributed by atoms with E-state index in [-0.39, 0.29) is 12.5 Å². The van der Waals surface area contributed by atoms with E-state index in [2.05, 4.69) is 5.32 Å². The molecule has 0 aliphatic carbocycles. The van der Waals surface area contributed by atoms with Gasteiger partial charge in [-0.3, -0.25) is 13.9 Å². The molecule has 0 saturated carbocycles. The van der Waals surface area contributed by atoms with E-state index in [4.69, 9.17) is 0 Å². The Morgan fingerprint density at radius 3 is 2.10 bits per heavy atom. The van der Waals surface area contributed by atoms with Gasteiger partial charge in [0.15, 0.2) is 0 Å². The van der Waals surface area contributed by atoms with Crippen LogP contribution in [-0.4, -0.2) is 51.0 Å². The van der Waals surface area contributed by atoms with Gasteiger partial charge in [0.25, 0.3) is 0 Å². The molecule has 7 nitrogen and oxygen atoms in total. The molecule has 0 spiro atoms.